The number of carbonyl (C=O) groups excluding carboxylic acids is 2. The molecule has 21 heavy (non-hydrogen) atoms. The monoisotopic (exact) mass is 353 g/mol. The standard InChI is InChI=1S/C15H20BrN3O2/c1-10(2)19-9-12(7-14(19)20)18-15(21)17-8-11-5-3-4-6-13(11)16/h3-6,10,12H,7-9H2,1-2H3,(H2,17,18,21). The molecular weight excluding hydrogens is 334 g/mol. The maximum atomic E-state index is 11.9. The van der Waals surface area contributed by atoms with Crippen molar-refractivity contribution in [2.45, 2.75) is 38.9 Å². The average molecular weight is 354 g/mol. The van der Waals surface area contributed by atoms with E-state index in [4.69, 9.17) is 0 Å². The first-order chi connectivity index (χ1) is 9.97. The Hall–Kier alpha value is -1.56. The van der Waals surface area contributed by atoms with Crippen LogP contribution in [0.15, 0.2) is 28.7 Å². The van der Waals surface area contributed by atoms with Gasteiger partial charge in [0.25, 0.3) is 0 Å². The molecule has 1 aromatic carbocycles. The molecule has 1 aliphatic heterocycles. The van der Waals surface area contributed by atoms with E-state index < -0.39 is 0 Å². The number of nitrogens with one attached hydrogen (secondary N) is 2. The first kappa shape index (κ1) is 15.8. The number of benzene rings is 1. The van der Waals surface area contributed by atoms with E-state index in [9.17, 15) is 9.59 Å². The lowest BCUT2D eigenvalue weighted by Gasteiger charge is -2.21. The van der Waals surface area contributed by atoms with Crippen LogP contribution in [0.1, 0.15) is 25.8 Å². The second-order valence-corrected chi connectivity index (χ2v) is 6.31. The van der Waals surface area contributed by atoms with Gasteiger partial charge < -0.3 is 15.5 Å². The quantitative estimate of drug-likeness (QED) is 0.871. The number of carbonyl (C=O) groups is 2. The molecule has 6 heteroatoms. The SMILES string of the molecule is CC(C)N1CC(NC(=O)NCc2ccccc2Br)CC1=O. The molecule has 1 aliphatic rings. The predicted octanol–water partition coefficient (Wildman–Crippen LogP) is 2.26. The molecule has 3 amide bonds. The number of amides is 3. The zero-order valence-corrected chi connectivity index (χ0v) is 13.8. The van der Waals surface area contributed by atoms with Gasteiger partial charge >= 0.3 is 6.03 Å². The largest absolute Gasteiger partial charge is 0.338 e. The second-order valence-electron chi connectivity index (χ2n) is 5.46. The van der Waals surface area contributed by atoms with Gasteiger partial charge in [-0.15, -0.1) is 0 Å². The van der Waals surface area contributed by atoms with Crippen LogP contribution in [0.25, 0.3) is 0 Å². The van der Waals surface area contributed by atoms with Crippen LogP contribution in [-0.4, -0.2) is 35.5 Å². The van der Waals surface area contributed by atoms with Gasteiger partial charge in [-0.3, -0.25) is 4.79 Å². The number of hydrogen-bond donors (Lipinski definition) is 2. The Morgan fingerprint density at radius 1 is 1.43 bits per heavy atom. The van der Waals surface area contributed by atoms with E-state index in [2.05, 4.69) is 26.6 Å². The predicted molar refractivity (Wildman–Crippen MR) is 84.8 cm³/mol. The van der Waals surface area contributed by atoms with Gasteiger partial charge in [0.2, 0.25) is 5.91 Å². The first-order valence-corrected chi connectivity index (χ1v) is 7.84. The van der Waals surface area contributed by atoms with Crippen LogP contribution in [0.4, 0.5) is 4.79 Å². The van der Waals surface area contributed by atoms with Crippen LogP contribution in [0.2, 0.25) is 0 Å². The Morgan fingerprint density at radius 2 is 2.14 bits per heavy atom. The summed E-state index contributed by atoms with van der Waals surface area (Å²) >= 11 is 3.44. The Kier molecular flexibility index (Phi) is 5.22. The highest BCUT2D eigenvalue weighted by atomic mass is 79.9. The molecule has 1 aromatic rings. The topological polar surface area (TPSA) is 61.4 Å². The molecule has 1 heterocycles. The molecule has 114 valence electrons. The van der Waals surface area contributed by atoms with Gasteiger partial charge in [-0.25, -0.2) is 4.79 Å². The maximum Gasteiger partial charge on any atom is 0.315 e. The van der Waals surface area contributed by atoms with Crippen molar-refractivity contribution in [1.82, 2.24) is 15.5 Å². The van der Waals surface area contributed by atoms with Gasteiger partial charge in [-0.05, 0) is 25.5 Å². The lowest BCUT2D eigenvalue weighted by molar-refractivity contribution is -0.129. The number of halogens is 1. The fraction of sp³-hybridized carbons (Fsp3) is 0.467. The van der Waals surface area contributed by atoms with Gasteiger partial charge in [0.1, 0.15) is 0 Å². The highest BCUT2D eigenvalue weighted by molar-refractivity contribution is 9.10. The van der Waals surface area contributed by atoms with E-state index >= 15 is 0 Å². The molecule has 0 aliphatic carbocycles. The van der Waals surface area contributed by atoms with Crippen LogP contribution in [0.3, 0.4) is 0 Å². The summed E-state index contributed by atoms with van der Waals surface area (Å²) in [4.78, 5) is 25.5. The van der Waals surface area contributed by atoms with Gasteiger partial charge in [-0.2, -0.15) is 0 Å². The molecule has 0 bridgehead atoms. The molecule has 1 unspecified atom stereocenters. The van der Waals surface area contributed by atoms with Crippen molar-refractivity contribution >= 4 is 27.9 Å². The van der Waals surface area contributed by atoms with Crippen LogP contribution in [0.5, 0.6) is 0 Å². The third kappa shape index (κ3) is 4.20. The zero-order chi connectivity index (χ0) is 15.4. The molecule has 0 spiro atoms. The van der Waals surface area contributed by atoms with E-state index in [1.54, 1.807) is 4.90 Å². The van der Waals surface area contributed by atoms with Gasteiger partial charge in [0.05, 0.1) is 6.04 Å². The van der Waals surface area contributed by atoms with Crippen molar-refractivity contribution in [1.29, 1.82) is 0 Å². The summed E-state index contributed by atoms with van der Waals surface area (Å²) in [6, 6.07) is 7.56. The van der Waals surface area contributed by atoms with Crippen LogP contribution < -0.4 is 10.6 Å². The summed E-state index contributed by atoms with van der Waals surface area (Å²) in [7, 11) is 0. The fourth-order valence-corrected chi connectivity index (χ4v) is 2.81. The summed E-state index contributed by atoms with van der Waals surface area (Å²) < 4.78 is 0.965. The fourth-order valence-electron chi connectivity index (χ4n) is 2.38. The molecular formula is C15H20BrN3O2. The van der Waals surface area contributed by atoms with Crippen molar-refractivity contribution < 1.29 is 9.59 Å². The van der Waals surface area contributed by atoms with Gasteiger partial charge in [0.15, 0.2) is 0 Å². The zero-order valence-electron chi connectivity index (χ0n) is 12.2. The number of rotatable bonds is 4. The van der Waals surface area contributed by atoms with Crippen molar-refractivity contribution in [3.05, 3.63) is 34.3 Å². The van der Waals surface area contributed by atoms with Gasteiger partial charge in [-0.1, -0.05) is 34.1 Å². The summed E-state index contributed by atoms with van der Waals surface area (Å²) in [5, 5.41) is 5.67. The normalized spacial score (nSPS) is 18.2. The van der Waals surface area contributed by atoms with E-state index in [0.717, 1.165) is 10.0 Å². The lowest BCUT2D eigenvalue weighted by Crippen LogP contribution is -2.43. The molecule has 2 rings (SSSR count). The van der Waals surface area contributed by atoms with E-state index in [0.29, 0.717) is 19.5 Å². The number of likely N-dealkylation sites (tertiary alicyclic amines) is 1. The molecule has 5 nitrogen and oxygen atoms in total. The Labute approximate surface area is 133 Å². The Bertz CT molecular complexity index is 533. The molecule has 0 saturated carbocycles. The number of nitrogens with zero attached hydrogens (tertiary/aromatic N) is 1. The minimum absolute atomic E-state index is 0.0982. The highest BCUT2D eigenvalue weighted by Gasteiger charge is 2.31. The van der Waals surface area contributed by atoms with Crippen molar-refractivity contribution in [3.8, 4) is 0 Å². The Morgan fingerprint density at radius 3 is 2.76 bits per heavy atom. The summed E-state index contributed by atoms with van der Waals surface area (Å²) in [6.45, 7) is 4.99. The highest BCUT2D eigenvalue weighted by Crippen LogP contribution is 2.16. The van der Waals surface area contributed by atoms with Crippen LogP contribution >= 0.6 is 15.9 Å². The third-order valence-electron chi connectivity index (χ3n) is 3.51. The smallest absolute Gasteiger partial charge is 0.315 e. The Balaban J connectivity index is 1.81. The van der Waals surface area contributed by atoms with E-state index in [1.807, 2.05) is 38.1 Å². The van der Waals surface area contributed by atoms with E-state index in [-0.39, 0.29) is 24.0 Å². The second kappa shape index (κ2) is 6.93. The van der Waals surface area contributed by atoms with Crippen molar-refractivity contribution in [2.75, 3.05) is 6.54 Å². The van der Waals surface area contributed by atoms with Gasteiger partial charge in [0, 0.05) is 30.0 Å². The molecule has 2 N–H and O–H groups in total. The molecule has 0 radical (unpaired) electrons. The maximum absolute atomic E-state index is 11.9. The summed E-state index contributed by atoms with van der Waals surface area (Å²) in [5.74, 6) is 0.0982. The lowest BCUT2D eigenvalue weighted by atomic mass is 10.2. The minimum atomic E-state index is -0.242. The van der Waals surface area contributed by atoms with Crippen molar-refractivity contribution in [3.63, 3.8) is 0 Å². The molecule has 1 atom stereocenters. The number of urea groups is 1. The van der Waals surface area contributed by atoms with Crippen molar-refractivity contribution in [2.24, 2.45) is 0 Å². The summed E-state index contributed by atoms with van der Waals surface area (Å²) in [6.07, 6.45) is 0.376. The van der Waals surface area contributed by atoms with E-state index in [1.165, 1.54) is 0 Å². The minimum Gasteiger partial charge on any atom is -0.338 e. The summed E-state index contributed by atoms with van der Waals surface area (Å²) in [5.41, 5.74) is 1.01. The molecule has 1 saturated heterocycles. The van der Waals surface area contributed by atoms with Crippen LogP contribution in [-0.2, 0) is 11.3 Å². The number of hydrogen-bond acceptors (Lipinski definition) is 2. The first-order valence-electron chi connectivity index (χ1n) is 7.04. The third-order valence-corrected chi connectivity index (χ3v) is 4.29. The molecule has 0 aromatic heterocycles. The molecule has 1 fully saturated rings. The van der Waals surface area contributed by atoms with Crippen LogP contribution in [0, 0.1) is 0 Å². The average Bonchev–Trinajstić information content (AvgIpc) is 2.79.